The molecule has 1 unspecified atom stereocenters. The fourth-order valence-electron chi connectivity index (χ4n) is 2.43. The molecule has 100 valence electrons. The Kier molecular flexibility index (Phi) is 3.64. The molecule has 2 heterocycles. The van der Waals surface area contributed by atoms with Crippen LogP contribution in [0, 0.1) is 5.92 Å². The summed E-state index contributed by atoms with van der Waals surface area (Å²) in [5.41, 5.74) is 7.60. The zero-order valence-corrected chi connectivity index (χ0v) is 13.8. The molecule has 1 aliphatic heterocycles. The van der Waals surface area contributed by atoms with Crippen molar-refractivity contribution >= 4 is 42.2 Å². The molecule has 0 amide bonds. The molecule has 3 rings (SSSR count). The van der Waals surface area contributed by atoms with Gasteiger partial charge in [0.25, 0.3) is 0 Å². The molecule has 1 aromatic rings. The van der Waals surface area contributed by atoms with E-state index in [1.165, 1.54) is 23.3 Å². The molecule has 0 aromatic carbocycles. The first-order valence-electron chi connectivity index (χ1n) is 6.42. The number of nitrogens with two attached hydrogens (primary N) is 1. The fourth-order valence-corrected chi connectivity index (χ4v) is 5.42. The number of hydrogen-bond acceptors (Lipinski definition) is 3. The molecule has 0 spiro atoms. The van der Waals surface area contributed by atoms with Crippen LogP contribution in [0.15, 0.2) is 11.1 Å². The molecule has 0 bridgehead atoms. The Morgan fingerprint density at radius 1 is 1.33 bits per heavy atom. The molecule has 0 saturated heterocycles. The summed E-state index contributed by atoms with van der Waals surface area (Å²) in [5, 5.41) is 0. The minimum atomic E-state index is -1.20. The molecule has 5 heteroatoms. The third-order valence-electron chi connectivity index (χ3n) is 3.68. The van der Waals surface area contributed by atoms with Crippen molar-refractivity contribution in [1.29, 1.82) is 0 Å². The molecule has 1 saturated carbocycles. The van der Waals surface area contributed by atoms with Gasteiger partial charge in [-0.3, -0.25) is 4.99 Å². The van der Waals surface area contributed by atoms with Gasteiger partial charge in [0, 0.05) is 0 Å². The number of nitrogens with zero attached hydrogens (tertiary/aromatic N) is 1. The van der Waals surface area contributed by atoms with Crippen LogP contribution in [-0.4, -0.2) is 20.0 Å². The van der Waals surface area contributed by atoms with E-state index in [9.17, 15) is 0 Å². The zero-order valence-electron chi connectivity index (χ0n) is 11.2. The fraction of sp³-hybridized carbons (Fsp3) is 0.615. The molecule has 0 radical (unpaired) electrons. The minimum absolute atomic E-state index is 0. The molecule has 1 aliphatic carbocycles. The number of fused-ring (bicyclic) bond motifs is 1. The Morgan fingerprint density at radius 3 is 2.56 bits per heavy atom. The van der Waals surface area contributed by atoms with Crippen molar-refractivity contribution in [2.45, 2.75) is 44.9 Å². The molecule has 2 aliphatic rings. The van der Waals surface area contributed by atoms with E-state index in [0.29, 0.717) is 6.04 Å². The smallest absolute Gasteiger partial charge is 0.136 e. The highest BCUT2D eigenvalue weighted by Gasteiger charge is 2.35. The van der Waals surface area contributed by atoms with Gasteiger partial charge in [0.2, 0.25) is 0 Å². The van der Waals surface area contributed by atoms with E-state index in [0.717, 1.165) is 18.2 Å². The predicted molar refractivity (Wildman–Crippen MR) is 85.5 cm³/mol. The predicted octanol–water partition coefficient (Wildman–Crippen LogP) is 2.76. The van der Waals surface area contributed by atoms with Crippen molar-refractivity contribution < 1.29 is 0 Å². The van der Waals surface area contributed by atoms with Gasteiger partial charge in [-0.05, 0) is 41.3 Å². The van der Waals surface area contributed by atoms with Crippen molar-refractivity contribution in [2.75, 3.05) is 0 Å². The highest BCUT2D eigenvalue weighted by atomic mass is 35.5. The third kappa shape index (κ3) is 2.51. The van der Waals surface area contributed by atoms with Crippen LogP contribution in [0.5, 0.6) is 0 Å². The molecule has 18 heavy (non-hydrogen) atoms. The standard InChI is InChI=1S/C13H20N2SSi.ClH/c1-17(2,3)11-7-9-6-10(8-4-5-8)15-13(14)12(9)16-11;/h7-8,10H,4-6H2,1-3H3,(H2,14,15);1H. The van der Waals surface area contributed by atoms with Gasteiger partial charge in [0.15, 0.2) is 0 Å². The summed E-state index contributed by atoms with van der Waals surface area (Å²) >= 11 is 1.89. The highest BCUT2D eigenvalue weighted by Crippen LogP contribution is 2.38. The Balaban J connectivity index is 0.00000120. The highest BCUT2D eigenvalue weighted by molar-refractivity contribution is 7.27. The van der Waals surface area contributed by atoms with Crippen molar-refractivity contribution in [1.82, 2.24) is 0 Å². The molecule has 1 atom stereocenters. The van der Waals surface area contributed by atoms with E-state index in [1.807, 2.05) is 11.3 Å². The van der Waals surface area contributed by atoms with E-state index < -0.39 is 8.07 Å². The maximum Gasteiger partial charge on any atom is 0.136 e. The summed E-state index contributed by atoms with van der Waals surface area (Å²) in [5.74, 6) is 1.62. The van der Waals surface area contributed by atoms with Crippen molar-refractivity contribution in [3.8, 4) is 0 Å². The van der Waals surface area contributed by atoms with Crippen LogP contribution in [0.4, 0.5) is 0 Å². The zero-order chi connectivity index (χ0) is 12.2. The molecule has 1 fully saturated rings. The molecule has 2 N–H and O–H groups in total. The number of amidine groups is 1. The van der Waals surface area contributed by atoms with Gasteiger partial charge >= 0.3 is 0 Å². The summed E-state index contributed by atoms with van der Waals surface area (Å²) in [4.78, 5) is 5.96. The number of aliphatic imine (C=N–C) groups is 1. The largest absolute Gasteiger partial charge is 0.383 e. The molecular formula is C13H21ClN2SSi. The van der Waals surface area contributed by atoms with Crippen LogP contribution >= 0.6 is 23.7 Å². The first-order chi connectivity index (χ1) is 7.95. The van der Waals surface area contributed by atoms with E-state index in [1.54, 1.807) is 4.50 Å². The lowest BCUT2D eigenvalue weighted by Gasteiger charge is -2.18. The second-order valence-electron chi connectivity index (χ2n) is 6.34. The number of halogens is 1. The molecule has 2 nitrogen and oxygen atoms in total. The van der Waals surface area contributed by atoms with Gasteiger partial charge < -0.3 is 5.73 Å². The van der Waals surface area contributed by atoms with Crippen LogP contribution in [0.25, 0.3) is 0 Å². The average molecular weight is 301 g/mol. The normalized spacial score (nSPS) is 23.1. The van der Waals surface area contributed by atoms with Gasteiger partial charge in [-0.15, -0.1) is 23.7 Å². The maximum absolute atomic E-state index is 6.13. The molecular weight excluding hydrogens is 280 g/mol. The van der Waals surface area contributed by atoms with Crippen LogP contribution in [0.3, 0.4) is 0 Å². The third-order valence-corrected chi connectivity index (χ3v) is 8.46. The van der Waals surface area contributed by atoms with E-state index in [-0.39, 0.29) is 12.4 Å². The first kappa shape index (κ1) is 14.1. The van der Waals surface area contributed by atoms with E-state index in [4.69, 9.17) is 10.7 Å². The Morgan fingerprint density at radius 2 is 2.00 bits per heavy atom. The second kappa shape index (κ2) is 4.65. The van der Waals surface area contributed by atoms with Crippen LogP contribution in [0.2, 0.25) is 19.6 Å². The van der Waals surface area contributed by atoms with Crippen molar-refractivity contribution in [2.24, 2.45) is 16.6 Å². The summed E-state index contributed by atoms with van der Waals surface area (Å²) < 4.78 is 1.57. The lowest BCUT2D eigenvalue weighted by molar-refractivity contribution is 0.588. The average Bonchev–Trinajstić information content (AvgIpc) is 2.96. The van der Waals surface area contributed by atoms with Crippen LogP contribution < -0.4 is 10.2 Å². The van der Waals surface area contributed by atoms with E-state index in [2.05, 4.69) is 25.7 Å². The lowest BCUT2D eigenvalue weighted by Crippen LogP contribution is -2.34. The quantitative estimate of drug-likeness (QED) is 0.838. The van der Waals surface area contributed by atoms with Gasteiger partial charge in [-0.1, -0.05) is 19.6 Å². The summed E-state index contributed by atoms with van der Waals surface area (Å²) in [6.07, 6.45) is 3.82. The monoisotopic (exact) mass is 300 g/mol. The maximum atomic E-state index is 6.13. The second-order valence-corrected chi connectivity index (χ2v) is 12.8. The lowest BCUT2D eigenvalue weighted by atomic mass is 10.0. The Labute approximate surface area is 120 Å². The van der Waals surface area contributed by atoms with Crippen molar-refractivity contribution in [3.05, 3.63) is 16.5 Å². The van der Waals surface area contributed by atoms with Crippen LogP contribution in [-0.2, 0) is 6.42 Å². The number of hydrogen-bond donors (Lipinski definition) is 1. The summed E-state index contributed by atoms with van der Waals surface area (Å²) in [6.45, 7) is 7.20. The van der Waals surface area contributed by atoms with E-state index >= 15 is 0 Å². The number of rotatable bonds is 2. The van der Waals surface area contributed by atoms with Crippen molar-refractivity contribution in [3.63, 3.8) is 0 Å². The Hall–Kier alpha value is -0.323. The summed E-state index contributed by atoms with van der Waals surface area (Å²) in [7, 11) is -1.20. The number of thiophene rings is 1. The topological polar surface area (TPSA) is 38.4 Å². The van der Waals surface area contributed by atoms with Gasteiger partial charge in [0.05, 0.1) is 19.0 Å². The molecule has 1 aromatic heterocycles. The van der Waals surface area contributed by atoms with Gasteiger partial charge in [-0.2, -0.15) is 0 Å². The van der Waals surface area contributed by atoms with Gasteiger partial charge in [0.1, 0.15) is 5.84 Å². The minimum Gasteiger partial charge on any atom is -0.383 e. The van der Waals surface area contributed by atoms with Gasteiger partial charge in [-0.25, -0.2) is 0 Å². The summed E-state index contributed by atoms with van der Waals surface area (Å²) in [6, 6.07) is 2.90. The first-order valence-corrected chi connectivity index (χ1v) is 10.7. The Bertz CT molecular complexity index is 486. The SMILES string of the molecule is C[Si](C)(C)c1cc2c(s1)C(N)=NC(C1CC1)C2.Cl. The van der Waals surface area contributed by atoms with Crippen LogP contribution in [0.1, 0.15) is 23.3 Å².